The first-order valence-electron chi connectivity index (χ1n) is 5.99. The van der Waals surface area contributed by atoms with Crippen molar-refractivity contribution in [3.63, 3.8) is 0 Å². The van der Waals surface area contributed by atoms with E-state index >= 15 is 0 Å². The molecule has 0 radical (unpaired) electrons. The molecule has 0 saturated carbocycles. The fourth-order valence-corrected chi connectivity index (χ4v) is 2.39. The topological polar surface area (TPSA) is 68.0 Å². The van der Waals surface area contributed by atoms with Gasteiger partial charge in [0.2, 0.25) is 5.91 Å². The van der Waals surface area contributed by atoms with Crippen molar-refractivity contribution in [1.29, 1.82) is 0 Å². The van der Waals surface area contributed by atoms with Crippen molar-refractivity contribution in [2.45, 2.75) is 17.1 Å². The number of nitrogen functional groups attached to an aromatic ring is 1. The summed E-state index contributed by atoms with van der Waals surface area (Å²) in [6, 6.07) is 7.78. The minimum atomic E-state index is -0.498. The zero-order chi connectivity index (χ0) is 14.5. The Hall–Kier alpha value is -2.08. The van der Waals surface area contributed by atoms with Crippen LogP contribution in [0.4, 0.5) is 15.8 Å². The first-order valence-corrected chi connectivity index (χ1v) is 6.87. The minimum absolute atomic E-state index is 0.0113. The summed E-state index contributed by atoms with van der Waals surface area (Å²) in [4.78, 5) is 16.9. The van der Waals surface area contributed by atoms with Crippen molar-refractivity contribution < 1.29 is 9.18 Å². The molecule has 0 bridgehead atoms. The van der Waals surface area contributed by atoms with E-state index in [9.17, 15) is 9.18 Å². The second kappa shape index (κ2) is 6.38. The van der Waals surface area contributed by atoms with E-state index < -0.39 is 5.82 Å². The number of aromatic nitrogens is 1. The normalized spacial score (nSPS) is 11.9. The largest absolute Gasteiger partial charge is 0.396 e. The van der Waals surface area contributed by atoms with Crippen LogP contribution in [0, 0.1) is 5.82 Å². The van der Waals surface area contributed by atoms with Crippen LogP contribution in [0.3, 0.4) is 0 Å². The SMILES string of the molecule is CC(Sc1ccncc1)C(=O)Nc1ccc(F)c(N)c1. The van der Waals surface area contributed by atoms with E-state index in [1.54, 1.807) is 19.3 Å². The molecular weight excluding hydrogens is 277 g/mol. The number of halogens is 1. The highest BCUT2D eigenvalue weighted by atomic mass is 32.2. The Morgan fingerprint density at radius 3 is 2.70 bits per heavy atom. The van der Waals surface area contributed by atoms with E-state index in [2.05, 4.69) is 10.3 Å². The van der Waals surface area contributed by atoms with Gasteiger partial charge in [-0.05, 0) is 37.3 Å². The molecule has 1 aromatic carbocycles. The number of nitrogens with two attached hydrogens (primary N) is 1. The summed E-state index contributed by atoms with van der Waals surface area (Å²) in [5, 5.41) is 2.42. The molecule has 1 unspecified atom stereocenters. The second-order valence-electron chi connectivity index (χ2n) is 4.17. The van der Waals surface area contributed by atoms with Crippen LogP contribution in [0.15, 0.2) is 47.6 Å². The molecule has 0 spiro atoms. The molecule has 20 heavy (non-hydrogen) atoms. The van der Waals surface area contributed by atoms with Gasteiger partial charge >= 0.3 is 0 Å². The number of hydrogen-bond donors (Lipinski definition) is 2. The van der Waals surface area contributed by atoms with E-state index in [0.717, 1.165) is 4.90 Å². The maximum absolute atomic E-state index is 13.0. The highest BCUT2D eigenvalue weighted by Gasteiger charge is 2.14. The van der Waals surface area contributed by atoms with E-state index in [0.29, 0.717) is 5.69 Å². The van der Waals surface area contributed by atoms with Crippen molar-refractivity contribution in [2.24, 2.45) is 0 Å². The van der Waals surface area contributed by atoms with Crippen molar-refractivity contribution in [3.05, 3.63) is 48.5 Å². The summed E-state index contributed by atoms with van der Waals surface area (Å²) in [5.74, 6) is -0.667. The molecule has 1 atom stereocenters. The van der Waals surface area contributed by atoms with Gasteiger partial charge in [-0.2, -0.15) is 0 Å². The number of pyridine rings is 1. The van der Waals surface area contributed by atoms with Gasteiger partial charge < -0.3 is 11.1 Å². The van der Waals surface area contributed by atoms with Gasteiger partial charge in [0.1, 0.15) is 5.82 Å². The molecule has 1 amide bonds. The molecule has 104 valence electrons. The summed E-state index contributed by atoms with van der Waals surface area (Å²) in [5.41, 5.74) is 5.95. The molecule has 6 heteroatoms. The van der Waals surface area contributed by atoms with E-state index in [-0.39, 0.29) is 16.8 Å². The Balaban J connectivity index is 1.99. The number of carbonyl (C=O) groups excluding carboxylic acids is 1. The lowest BCUT2D eigenvalue weighted by molar-refractivity contribution is -0.115. The van der Waals surface area contributed by atoms with E-state index in [1.807, 2.05) is 12.1 Å². The molecule has 2 aromatic rings. The van der Waals surface area contributed by atoms with Gasteiger partial charge in [0, 0.05) is 23.0 Å². The van der Waals surface area contributed by atoms with Crippen LogP contribution in [0.5, 0.6) is 0 Å². The van der Waals surface area contributed by atoms with Gasteiger partial charge in [-0.1, -0.05) is 0 Å². The molecule has 0 saturated heterocycles. The fraction of sp³-hybridized carbons (Fsp3) is 0.143. The van der Waals surface area contributed by atoms with Crippen molar-refractivity contribution in [3.8, 4) is 0 Å². The number of hydrogen-bond acceptors (Lipinski definition) is 4. The molecule has 0 fully saturated rings. The maximum atomic E-state index is 13.0. The number of anilines is 2. The predicted molar refractivity (Wildman–Crippen MR) is 79.0 cm³/mol. The van der Waals surface area contributed by atoms with Crippen LogP contribution in [0.25, 0.3) is 0 Å². The highest BCUT2D eigenvalue weighted by molar-refractivity contribution is 8.00. The van der Waals surface area contributed by atoms with Crippen LogP contribution in [-0.4, -0.2) is 16.1 Å². The molecule has 3 N–H and O–H groups in total. The zero-order valence-electron chi connectivity index (χ0n) is 10.8. The van der Waals surface area contributed by atoms with Gasteiger partial charge in [0.25, 0.3) is 0 Å². The van der Waals surface area contributed by atoms with E-state index in [4.69, 9.17) is 5.73 Å². The lowest BCUT2D eigenvalue weighted by Gasteiger charge is -2.12. The molecule has 0 aliphatic carbocycles. The van der Waals surface area contributed by atoms with Crippen LogP contribution in [-0.2, 0) is 4.79 Å². The average molecular weight is 291 g/mol. The number of carbonyl (C=O) groups is 1. The van der Waals surface area contributed by atoms with Crippen molar-refractivity contribution in [1.82, 2.24) is 4.98 Å². The molecule has 4 nitrogen and oxygen atoms in total. The Morgan fingerprint density at radius 1 is 1.35 bits per heavy atom. The third kappa shape index (κ3) is 3.71. The van der Waals surface area contributed by atoms with Gasteiger partial charge in [-0.15, -0.1) is 11.8 Å². The van der Waals surface area contributed by atoms with Crippen molar-refractivity contribution >= 4 is 29.0 Å². The number of rotatable bonds is 4. The smallest absolute Gasteiger partial charge is 0.237 e. The molecule has 1 heterocycles. The number of benzene rings is 1. The lowest BCUT2D eigenvalue weighted by atomic mass is 10.2. The Kier molecular flexibility index (Phi) is 4.57. The van der Waals surface area contributed by atoms with Gasteiger partial charge in [-0.25, -0.2) is 4.39 Å². The standard InChI is InChI=1S/C14H14FN3OS/c1-9(20-11-4-6-17-7-5-11)14(19)18-10-2-3-12(15)13(16)8-10/h2-9H,16H2,1H3,(H,18,19). The van der Waals surface area contributed by atoms with Gasteiger partial charge in [0.15, 0.2) is 0 Å². The van der Waals surface area contributed by atoms with Crippen LogP contribution in [0.1, 0.15) is 6.92 Å². The zero-order valence-corrected chi connectivity index (χ0v) is 11.7. The van der Waals surface area contributed by atoms with Crippen molar-refractivity contribution in [2.75, 3.05) is 11.1 Å². The molecular formula is C14H14FN3OS. The summed E-state index contributed by atoms with van der Waals surface area (Å²) >= 11 is 1.42. The fourth-order valence-electron chi connectivity index (χ4n) is 1.54. The second-order valence-corrected chi connectivity index (χ2v) is 5.58. The third-order valence-corrected chi connectivity index (χ3v) is 3.71. The third-order valence-electron chi connectivity index (χ3n) is 2.60. The van der Waals surface area contributed by atoms with Crippen LogP contribution < -0.4 is 11.1 Å². The minimum Gasteiger partial charge on any atom is -0.396 e. The number of nitrogens with zero attached hydrogens (tertiary/aromatic N) is 1. The number of amides is 1. The van der Waals surface area contributed by atoms with Gasteiger partial charge in [-0.3, -0.25) is 9.78 Å². The highest BCUT2D eigenvalue weighted by Crippen LogP contribution is 2.24. The average Bonchev–Trinajstić information content (AvgIpc) is 2.44. The molecule has 0 aliphatic heterocycles. The molecule has 2 rings (SSSR count). The quantitative estimate of drug-likeness (QED) is 0.671. The summed E-state index contributed by atoms with van der Waals surface area (Å²) in [7, 11) is 0. The summed E-state index contributed by atoms with van der Waals surface area (Å²) in [6.45, 7) is 1.80. The first-order chi connectivity index (χ1) is 9.56. The Bertz CT molecular complexity index is 607. The van der Waals surface area contributed by atoms with Crippen LogP contribution >= 0.6 is 11.8 Å². The number of thioether (sulfide) groups is 1. The molecule has 1 aromatic heterocycles. The Labute approximate surface area is 120 Å². The molecule has 0 aliphatic rings. The monoisotopic (exact) mass is 291 g/mol. The lowest BCUT2D eigenvalue weighted by Crippen LogP contribution is -2.22. The summed E-state index contributed by atoms with van der Waals surface area (Å²) in [6.07, 6.45) is 3.35. The summed E-state index contributed by atoms with van der Waals surface area (Å²) < 4.78 is 13.0. The number of nitrogens with one attached hydrogen (secondary N) is 1. The van der Waals surface area contributed by atoms with E-state index in [1.165, 1.54) is 30.0 Å². The maximum Gasteiger partial charge on any atom is 0.237 e. The predicted octanol–water partition coefficient (Wildman–Crippen LogP) is 2.92. The van der Waals surface area contributed by atoms with Gasteiger partial charge in [0.05, 0.1) is 10.9 Å². The van der Waals surface area contributed by atoms with Crippen LogP contribution in [0.2, 0.25) is 0 Å². The first kappa shape index (κ1) is 14.3. The Morgan fingerprint density at radius 2 is 2.05 bits per heavy atom.